The summed E-state index contributed by atoms with van der Waals surface area (Å²) in [6.07, 6.45) is -0.0185. The number of carbonyl (C=O) groups is 1. The lowest BCUT2D eigenvalue weighted by molar-refractivity contribution is 0.00520. The minimum atomic E-state index is -1.34. The zero-order valence-corrected chi connectivity index (χ0v) is 28.7. The van der Waals surface area contributed by atoms with Crippen LogP contribution in [0.2, 0.25) is 25.7 Å². The van der Waals surface area contributed by atoms with Crippen molar-refractivity contribution in [1.82, 2.24) is 9.88 Å². The van der Waals surface area contributed by atoms with Gasteiger partial charge in [0, 0.05) is 37.2 Å². The molecule has 0 aliphatic rings. The number of aliphatic hydroxyl groups is 1. The lowest BCUT2D eigenvalue weighted by atomic mass is 9.70. The maximum atomic E-state index is 13.2. The van der Waals surface area contributed by atoms with E-state index in [2.05, 4.69) is 60.2 Å². The number of nitrogens with one attached hydrogen (secondary N) is 1. The zero-order chi connectivity index (χ0) is 32.9. The van der Waals surface area contributed by atoms with Crippen molar-refractivity contribution in [2.45, 2.75) is 43.6 Å². The largest absolute Gasteiger partial charge is 0.481 e. The Morgan fingerprint density at radius 1 is 0.935 bits per heavy atom. The fourth-order valence-electron chi connectivity index (χ4n) is 6.02. The molecular formula is C38H45N3O4Si. The Morgan fingerprint density at radius 3 is 2.37 bits per heavy atom. The number of hydrogen-bond donors (Lipinski definition) is 2. The molecule has 2 unspecified atom stereocenters. The van der Waals surface area contributed by atoms with Crippen LogP contribution in [0, 0.1) is 0 Å². The summed E-state index contributed by atoms with van der Waals surface area (Å²) >= 11 is 0. The molecule has 4 aromatic carbocycles. The fourth-order valence-corrected chi connectivity index (χ4v) is 6.73. The number of amides is 1. The SMILES string of the molecule is COc1nc2ccc(NC(=O)OCC[Si](C)(C)C)cc2cc1C(c1ccccc1)C(O)(CCN(C)C)c1cccc2ccccc12. The molecule has 0 saturated heterocycles. The zero-order valence-electron chi connectivity index (χ0n) is 27.7. The van der Waals surface area contributed by atoms with Crippen LogP contribution in [0.15, 0.2) is 97.1 Å². The summed E-state index contributed by atoms with van der Waals surface area (Å²) in [6, 6.07) is 32.9. The van der Waals surface area contributed by atoms with E-state index in [0.29, 0.717) is 36.7 Å². The van der Waals surface area contributed by atoms with Gasteiger partial charge in [0.25, 0.3) is 0 Å². The number of methoxy groups -OCH3 is 1. The number of pyridine rings is 1. The van der Waals surface area contributed by atoms with E-state index in [1.807, 2.05) is 80.8 Å². The van der Waals surface area contributed by atoms with Crippen molar-refractivity contribution in [2.24, 2.45) is 0 Å². The molecule has 2 N–H and O–H groups in total. The maximum Gasteiger partial charge on any atom is 0.411 e. The lowest BCUT2D eigenvalue weighted by Crippen LogP contribution is -2.38. The van der Waals surface area contributed by atoms with E-state index in [-0.39, 0.29) is 0 Å². The number of ether oxygens (including phenoxy) is 2. The summed E-state index contributed by atoms with van der Waals surface area (Å²) in [5.41, 5.74) is 2.52. The van der Waals surface area contributed by atoms with E-state index in [9.17, 15) is 9.90 Å². The standard InChI is InChI=1S/C38H45N3O4Si/c1-41(2)22-21-38(43,33-18-12-16-27-13-10-11-17-31(27)33)35(28-14-8-7-9-15-28)32-26-29-25-30(19-20-34(29)40-36(32)44-3)39-37(42)45-23-24-46(4,5)6/h7-20,25-26,35,43H,21-24H2,1-6H3,(H,39,42). The summed E-state index contributed by atoms with van der Waals surface area (Å²) in [4.78, 5) is 19.6. The number of nitrogens with zero attached hydrogens (tertiary/aromatic N) is 2. The van der Waals surface area contributed by atoms with Gasteiger partial charge in [0.2, 0.25) is 5.88 Å². The molecule has 8 heteroatoms. The van der Waals surface area contributed by atoms with Crippen molar-refractivity contribution in [3.05, 3.63) is 114 Å². The summed E-state index contributed by atoms with van der Waals surface area (Å²) in [6.45, 7) is 7.81. The molecule has 240 valence electrons. The third-order valence-electron chi connectivity index (χ3n) is 8.45. The molecule has 1 amide bonds. The Kier molecular flexibility index (Phi) is 10.1. The van der Waals surface area contributed by atoms with E-state index >= 15 is 0 Å². The van der Waals surface area contributed by atoms with Gasteiger partial charge in [-0.05, 0) is 72.7 Å². The third-order valence-corrected chi connectivity index (χ3v) is 10.2. The van der Waals surface area contributed by atoms with E-state index in [1.54, 1.807) is 7.11 Å². The first-order valence-corrected chi connectivity index (χ1v) is 19.5. The third kappa shape index (κ3) is 7.58. The average molecular weight is 636 g/mol. The van der Waals surface area contributed by atoms with Crippen molar-refractivity contribution in [2.75, 3.05) is 39.7 Å². The van der Waals surface area contributed by atoms with Gasteiger partial charge in [0.15, 0.2) is 0 Å². The topological polar surface area (TPSA) is 83.9 Å². The van der Waals surface area contributed by atoms with Gasteiger partial charge in [0.1, 0.15) is 5.60 Å². The van der Waals surface area contributed by atoms with Crippen molar-refractivity contribution in [1.29, 1.82) is 0 Å². The van der Waals surface area contributed by atoms with Gasteiger partial charge in [-0.15, -0.1) is 0 Å². The van der Waals surface area contributed by atoms with Crippen LogP contribution in [0.25, 0.3) is 21.7 Å². The van der Waals surface area contributed by atoms with Gasteiger partial charge < -0.3 is 19.5 Å². The molecule has 1 heterocycles. The molecule has 1 aromatic heterocycles. The molecule has 0 fully saturated rings. The van der Waals surface area contributed by atoms with Gasteiger partial charge in [-0.1, -0.05) is 92.4 Å². The summed E-state index contributed by atoms with van der Waals surface area (Å²) in [5.74, 6) is -0.0919. The smallest absolute Gasteiger partial charge is 0.411 e. The minimum absolute atomic E-state index is 0.399. The first-order chi connectivity index (χ1) is 22.0. The Bertz CT molecular complexity index is 1800. The minimum Gasteiger partial charge on any atom is -0.481 e. The van der Waals surface area contributed by atoms with Crippen LogP contribution in [-0.4, -0.2) is 63.5 Å². The highest BCUT2D eigenvalue weighted by atomic mass is 28.3. The first kappa shape index (κ1) is 33.1. The monoisotopic (exact) mass is 635 g/mol. The van der Waals surface area contributed by atoms with Crippen molar-refractivity contribution < 1.29 is 19.4 Å². The number of fused-ring (bicyclic) bond motifs is 2. The highest BCUT2D eigenvalue weighted by Crippen LogP contribution is 2.49. The lowest BCUT2D eigenvalue weighted by Gasteiger charge is -2.39. The van der Waals surface area contributed by atoms with Crippen LogP contribution < -0.4 is 10.1 Å². The van der Waals surface area contributed by atoms with Crippen LogP contribution >= 0.6 is 0 Å². The Labute approximate surface area is 273 Å². The first-order valence-electron chi connectivity index (χ1n) is 15.8. The second kappa shape index (κ2) is 14.0. The molecule has 0 saturated carbocycles. The number of carbonyl (C=O) groups excluding carboxylic acids is 1. The summed E-state index contributed by atoms with van der Waals surface area (Å²) in [5, 5.41) is 19.0. The fraction of sp³-hybridized carbons (Fsp3) is 0.316. The van der Waals surface area contributed by atoms with Gasteiger partial charge in [0.05, 0.1) is 19.2 Å². The van der Waals surface area contributed by atoms with Gasteiger partial charge >= 0.3 is 6.09 Å². The molecular weight excluding hydrogens is 591 g/mol. The summed E-state index contributed by atoms with van der Waals surface area (Å²) < 4.78 is 11.4. The molecule has 0 bridgehead atoms. The highest BCUT2D eigenvalue weighted by Gasteiger charge is 2.43. The van der Waals surface area contributed by atoms with Crippen LogP contribution in [0.3, 0.4) is 0 Å². The Balaban J connectivity index is 1.65. The molecule has 7 nitrogen and oxygen atoms in total. The average Bonchev–Trinajstić information content (AvgIpc) is 3.03. The van der Waals surface area contributed by atoms with Crippen LogP contribution in [0.5, 0.6) is 5.88 Å². The van der Waals surface area contributed by atoms with Gasteiger partial charge in [-0.3, -0.25) is 5.32 Å². The Hall–Kier alpha value is -4.24. The number of benzene rings is 4. The number of hydrogen-bond acceptors (Lipinski definition) is 6. The van der Waals surface area contributed by atoms with E-state index in [0.717, 1.165) is 38.9 Å². The molecule has 0 radical (unpaired) electrons. The summed E-state index contributed by atoms with van der Waals surface area (Å²) in [7, 11) is 4.33. The predicted octanol–water partition coefficient (Wildman–Crippen LogP) is 8.25. The molecule has 5 rings (SSSR count). The predicted molar refractivity (Wildman–Crippen MR) is 191 cm³/mol. The quantitative estimate of drug-likeness (QED) is 0.134. The van der Waals surface area contributed by atoms with Gasteiger partial charge in [-0.25, -0.2) is 9.78 Å². The van der Waals surface area contributed by atoms with E-state index in [1.165, 1.54) is 0 Å². The molecule has 0 spiro atoms. The molecule has 0 aliphatic heterocycles. The Morgan fingerprint density at radius 2 is 1.65 bits per heavy atom. The molecule has 46 heavy (non-hydrogen) atoms. The van der Waals surface area contributed by atoms with Crippen molar-refractivity contribution >= 4 is 41.5 Å². The molecule has 2 atom stereocenters. The number of rotatable bonds is 12. The van der Waals surface area contributed by atoms with Gasteiger partial charge in [-0.2, -0.15) is 0 Å². The van der Waals surface area contributed by atoms with Crippen LogP contribution in [0.4, 0.5) is 10.5 Å². The van der Waals surface area contributed by atoms with Crippen LogP contribution in [0.1, 0.15) is 29.0 Å². The molecule has 5 aromatic rings. The number of anilines is 1. The van der Waals surface area contributed by atoms with E-state index in [4.69, 9.17) is 14.5 Å². The highest BCUT2D eigenvalue weighted by molar-refractivity contribution is 6.76. The second-order valence-electron chi connectivity index (χ2n) is 13.4. The normalized spacial score (nSPS) is 13.8. The second-order valence-corrected chi connectivity index (χ2v) is 19.0. The van der Waals surface area contributed by atoms with Crippen molar-refractivity contribution in [3.8, 4) is 5.88 Å². The maximum absolute atomic E-state index is 13.2. The van der Waals surface area contributed by atoms with Crippen LogP contribution in [-0.2, 0) is 10.3 Å². The van der Waals surface area contributed by atoms with E-state index < -0.39 is 25.7 Å². The molecule has 0 aliphatic carbocycles. The van der Waals surface area contributed by atoms with Crippen molar-refractivity contribution in [3.63, 3.8) is 0 Å². The number of aromatic nitrogens is 1.